The van der Waals surface area contributed by atoms with Crippen LogP contribution >= 0.6 is 46.4 Å². The summed E-state index contributed by atoms with van der Waals surface area (Å²) >= 11 is 23.4. The molecule has 0 aliphatic heterocycles. The second-order valence-corrected chi connectivity index (χ2v) is 7.95. The van der Waals surface area contributed by atoms with Crippen molar-refractivity contribution < 1.29 is 0 Å². The van der Waals surface area contributed by atoms with Gasteiger partial charge in [-0.25, -0.2) is 0 Å². The maximum atomic E-state index is 6.01. The van der Waals surface area contributed by atoms with Crippen molar-refractivity contribution in [2.45, 2.75) is 59.3 Å². The van der Waals surface area contributed by atoms with E-state index in [1.165, 1.54) is 0 Å². The molecule has 0 saturated carbocycles. The lowest BCUT2D eigenvalue weighted by atomic mass is 9.93. The standard InChI is InChI=1S/C10H14Cl2N2.C7H8Cl2N2/c1-5(2)7-8(6(3)4)10(12)14-13-9(7)11;1-4(2)5-3-6(8)10-11-7(5)9/h5-6H,1-4H3;3-4H,1-2H3. The lowest BCUT2D eigenvalue weighted by molar-refractivity contribution is 0.764. The molecule has 0 fully saturated rings. The highest BCUT2D eigenvalue weighted by molar-refractivity contribution is 6.32. The summed E-state index contributed by atoms with van der Waals surface area (Å²) < 4.78 is 0. The first-order valence-electron chi connectivity index (χ1n) is 7.96. The monoisotopic (exact) mass is 422 g/mol. The molecule has 8 heteroatoms. The highest BCUT2D eigenvalue weighted by Gasteiger charge is 2.19. The van der Waals surface area contributed by atoms with Crippen molar-refractivity contribution in [3.05, 3.63) is 43.4 Å². The molecule has 0 aromatic carbocycles. The van der Waals surface area contributed by atoms with E-state index in [-0.39, 0.29) is 0 Å². The van der Waals surface area contributed by atoms with Crippen molar-refractivity contribution in [1.29, 1.82) is 0 Å². The van der Waals surface area contributed by atoms with Gasteiger partial charge in [0, 0.05) is 11.1 Å². The second kappa shape index (κ2) is 9.86. The quantitative estimate of drug-likeness (QED) is 0.536. The molecule has 0 N–H and O–H groups in total. The average Bonchev–Trinajstić information content (AvgIpc) is 2.51. The van der Waals surface area contributed by atoms with Gasteiger partial charge in [0.25, 0.3) is 0 Å². The summed E-state index contributed by atoms with van der Waals surface area (Å²) in [5.41, 5.74) is 2.97. The first-order chi connectivity index (χ1) is 11.6. The fourth-order valence-electron chi connectivity index (χ4n) is 2.29. The van der Waals surface area contributed by atoms with Crippen LogP contribution in [0.2, 0.25) is 20.6 Å². The predicted molar refractivity (Wildman–Crippen MR) is 106 cm³/mol. The molecule has 0 spiro atoms. The Morgan fingerprint density at radius 1 is 0.600 bits per heavy atom. The molecule has 2 aromatic rings. The molecule has 0 radical (unpaired) electrons. The lowest BCUT2D eigenvalue weighted by Crippen LogP contribution is -2.04. The summed E-state index contributed by atoms with van der Waals surface area (Å²) in [5, 5.41) is 16.7. The predicted octanol–water partition coefficient (Wildman–Crippen LogP) is 6.94. The zero-order valence-electron chi connectivity index (χ0n) is 15.1. The fourth-order valence-corrected chi connectivity index (χ4v) is 3.47. The number of hydrogen-bond donors (Lipinski definition) is 0. The van der Waals surface area contributed by atoms with Crippen LogP contribution in [0.1, 0.15) is 76.0 Å². The molecular formula is C17H22Cl4N4. The third-order valence-corrected chi connectivity index (χ3v) is 4.52. The minimum absolute atomic E-state index is 0.313. The topological polar surface area (TPSA) is 51.6 Å². The van der Waals surface area contributed by atoms with Crippen LogP contribution in [0.4, 0.5) is 0 Å². The summed E-state index contributed by atoms with van der Waals surface area (Å²) in [7, 11) is 0. The van der Waals surface area contributed by atoms with E-state index in [1.54, 1.807) is 6.07 Å². The summed E-state index contributed by atoms with van der Waals surface area (Å²) in [4.78, 5) is 0. The normalized spacial score (nSPS) is 11.1. The van der Waals surface area contributed by atoms with Gasteiger partial charge in [-0.3, -0.25) is 0 Å². The Hall–Kier alpha value is -0.680. The van der Waals surface area contributed by atoms with Crippen LogP contribution in [0.3, 0.4) is 0 Å². The molecule has 2 heterocycles. The third kappa shape index (κ3) is 6.21. The smallest absolute Gasteiger partial charge is 0.137 e. The first-order valence-corrected chi connectivity index (χ1v) is 9.47. The average molecular weight is 424 g/mol. The highest BCUT2D eigenvalue weighted by atomic mass is 35.5. The zero-order valence-corrected chi connectivity index (χ0v) is 18.1. The summed E-state index contributed by atoms with van der Waals surface area (Å²) in [6, 6.07) is 1.74. The lowest BCUT2D eigenvalue weighted by Gasteiger charge is -2.16. The number of hydrogen-bond acceptors (Lipinski definition) is 4. The molecule has 0 amide bonds. The second-order valence-electron chi connectivity index (χ2n) is 6.49. The Bertz CT molecular complexity index is 685. The van der Waals surface area contributed by atoms with Crippen molar-refractivity contribution in [1.82, 2.24) is 20.4 Å². The van der Waals surface area contributed by atoms with Crippen LogP contribution in [0.25, 0.3) is 0 Å². The fraction of sp³-hybridized carbons (Fsp3) is 0.529. The van der Waals surface area contributed by atoms with Crippen molar-refractivity contribution in [3.8, 4) is 0 Å². The van der Waals surface area contributed by atoms with Crippen LogP contribution in [-0.4, -0.2) is 20.4 Å². The van der Waals surface area contributed by atoms with Gasteiger partial charge in [0.2, 0.25) is 0 Å². The molecule has 0 aliphatic carbocycles. The molecule has 0 unspecified atom stereocenters. The van der Waals surface area contributed by atoms with Gasteiger partial charge in [0.05, 0.1) is 0 Å². The van der Waals surface area contributed by atoms with Gasteiger partial charge in [-0.05, 0) is 29.4 Å². The molecule has 138 valence electrons. The third-order valence-electron chi connectivity index (χ3n) is 3.48. The summed E-state index contributed by atoms with van der Waals surface area (Å²) in [6.07, 6.45) is 0. The van der Waals surface area contributed by atoms with Gasteiger partial charge >= 0.3 is 0 Å². The summed E-state index contributed by atoms with van der Waals surface area (Å²) in [6.45, 7) is 12.4. The Balaban J connectivity index is 0.000000257. The molecule has 0 saturated heterocycles. The summed E-state index contributed by atoms with van der Waals surface area (Å²) in [5.74, 6) is 0.955. The van der Waals surface area contributed by atoms with E-state index in [0.29, 0.717) is 38.4 Å². The Labute approximate surface area is 169 Å². The van der Waals surface area contributed by atoms with E-state index in [1.807, 2.05) is 13.8 Å². The first kappa shape index (κ1) is 22.4. The minimum Gasteiger partial charge on any atom is -0.137 e. The Morgan fingerprint density at radius 3 is 1.32 bits per heavy atom. The van der Waals surface area contributed by atoms with Crippen molar-refractivity contribution >= 4 is 46.4 Å². The van der Waals surface area contributed by atoms with E-state index in [0.717, 1.165) is 16.7 Å². The molecular weight excluding hydrogens is 402 g/mol. The van der Waals surface area contributed by atoms with Gasteiger partial charge in [-0.15, -0.1) is 20.4 Å². The van der Waals surface area contributed by atoms with Crippen LogP contribution in [0.5, 0.6) is 0 Å². The van der Waals surface area contributed by atoms with Crippen LogP contribution in [0, 0.1) is 0 Å². The van der Waals surface area contributed by atoms with Gasteiger partial charge in [0.1, 0.15) is 0 Å². The van der Waals surface area contributed by atoms with E-state index >= 15 is 0 Å². The Kier molecular flexibility index (Phi) is 8.82. The zero-order chi connectivity index (χ0) is 19.3. The van der Waals surface area contributed by atoms with Gasteiger partial charge in [-0.2, -0.15) is 0 Å². The van der Waals surface area contributed by atoms with E-state index in [9.17, 15) is 0 Å². The molecule has 2 rings (SSSR count). The van der Waals surface area contributed by atoms with Gasteiger partial charge < -0.3 is 0 Å². The molecule has 25 heavy (non-hydrogen) atoms. The molecule has 0 bridgehead atoms. The van der Waals surface area contributed by atoms with Crippen LogP contribution in [0.15, 0.2) is 6.07 Å². The SMILES string of the molecule is CC(C)c1c(Cl)nnc(Cl)c1C(C)C.CC(C)c1cc(Cl)nnc1Cl. The number of aromatic nitrogens is 4. The van der Waals surface area contributed by atoms with Crippen LogP contribution < -0.4 is 0 Å². The van der Waals surface area contributed by atoms with Crippen molar-refractivity contribution in [2.24, 2.45) is 0 Å². The largest absolute Gasteiger partial charge is 0.155 e. The van der Waals surface area contributed by atoms with Gasteiger partial charge in [0.15, 0.2) is 20.6 Å². The number of halogens is 4. The van der Waals surface area contributed by atoms with E-state index < -0.39 is 0 Å². The molecule has 2 aromatic heterocycles. The molecule has 0 aliphatic rings. The Morgan fingerprint density at radius 2 is 1.00 bits per heavy atom. The minimum atomic E-state index is 0.313. The maximum absolute atomic E-state index is 6.01. The maximum Gasteiger partial charge on any atom is 0.155 e. The molecule has 0 atom stereocenters. The van der Waals surface area contributed by atoms with Crippen molar-refractivity contribution in [2.75, 3.05) is 0 Å². The van der Waals surface area contributed by atoms with Crippen molar-refractivity contribution in [3.63, 3.8) is 0 Å². The highest BCUT2D eigenvalue weighted by Crippen LogP contribution is 2.34. The number of rotatable bonds is 3. The van der Waals surface area contributed by atoms with Gasteiger partial charge in [-0.1, -0.05) is 87.9 Å². The van der Waals surface area contributed by atoms with Crippen LogP contribution in [-0.2, 0) is 0 Å². The molecule has 4 nitrogen and oxygen atoms in total. The number of nitrogens with zero attached hydrogens (tertiary/aromatic N) is 4. The van der Waals surface area contributed by atoms with E-state index in [2.05, 4.69) is 48.1 Å². The van der Waals surface area contributed by atoms with E-state index in [4.69, 9.17) is 46.4 Å².